The third kappa shape index (κ3) is 5.62. The summed E-state index contributed by atoms with van der Waals surface area (Å²) in [6.45, 7) is -1.70. The third-order valence-corrected chi connectivity index (χ3v) is 1.88. The van der Waals surface area contributed by atoms with E-state index in [2.05, 4.69) is 10.1 Å². The highest BCUT2D eigenvalue weighted by Gasteiger charge is 2.27. The number of carbonyl (C=O) groups excluding carboxylic acids is 1. The summed E-state index contributed by atoms with van der Waals surface area (Å²) in [7, 11) is 0. The second-order valence-electron chi connectivity index (χ2n) is 3.43. The van der Waals surface area contributed by atoms with Crippen molar-refractivity contribution in [3.8, 4) is 0 Å². The Morgan fingerprint density at radius 3 is 2.67 bits per heavy atom. The normalized spacial score (nSPS) is 11.3. The average molecular weight is 265 g/mol. The quantitative estimate of drug-likeness (QED) is 0.654. The highest BCUT2D eigenvalue weighted by molar-refractivity contribution is 5.94. The number of benzene rings is 1. The van der Waals surface area contributed by atoms with Crippen molar-refractivity contribution in [2.24, 2.45) is 0 Å². The van der Waals surface area contributed by atoms with Gasteiger partial charge in [0.05, 0.1) is 6.61 Å². The number of rotatable bonds is 5. The predicted octanol–water partition coefficient (Wildman–Crippen LogP) is 2.13. The Morgan fingerprint density at radius 1 is 1.33 bits per heavy atom. The molecule has 0 radical (unpaired) electrons. The lowest BCUT2D eigenvalue weighted by molar-refractivity contribution is -0.173. The molecule has 0 aliphatic carbocycles. The van der Waals surface area contributed by atoms with E-state index in [0.29, 0.717) is 0 Å². The number of nitrogens with one attached hydrogen (secondary N) is 1. The lowest BCUT2D eigenvalue weighted by atomic mass is 10.2. The molecule has 0 aromatic heterocycles. The van der Waals surface area contributed by atoms with Crippen LogP contribution in [0.5, 0.6) is 0 Å². The van der Waals surface area contributed by atoms with Crippen LogP contribution in [0.15, 0.2) is 24.3 Å². The van der Waals surface area contributed by atoms with Gasteiger partial charge in [-0.1, -0.05) is 6.07 Å². The zero-order valence-corrected chi connectivity index (χ0v) is 9.26. The van der Waals surface area contributed by atoms with Gasteiger partial charge < -0.3 is 10.1 Å². The third-order valence-electron chi connectivity index (χ3n) is 1.88. The first kappa shape index (κ1) is 14.4. The van der Waals surface area contributed by atoms with Gasteiger partial charge in [-0.3, -0.25) is 4.79 Å². The van der Waals surface area contributed by atoms with Gasteiger partial charge in [0.2, 0.25) is 0 Å². The van der Waals surface area contributed by atoms with Crippen LogP contribution >= 0.6 is 0 Å². The van der Waals surface area contributed by atoms with E-state index in [9.17, 15) is 22.4 Å². The van der Waals surface area contributed by atoms with Crippen molar-refractivity contribution in [3.63, 3.8) is 0 Å². The Balaban J connectivity index is 2.26. The van der Waals surface area contributed by atoms with E-state index in [1.807, 2.05) is 0 Å². The highest BCUT2D eigenvalue weighted by atomic mass is 19.4. The smallest absolute Gasteiger partial charge is 0.370 e. The molecule has 0 bridgehead atoms. The van der Waals surface area contributed by atoms with Gasteiger partial charge >= 0.3 is 6.18 Å². The van der Waals surface area contributed by atoms with E-state index >= 15 is 0 Å². The first-order chi connectivity index (χ1) is 8.38. The van der Waals surface area contributed by atoms with Gasteiger partial charge in [0.25, 0.3) is 5.91 Å². The van der Waals surface area contributed by atoms with Gasteiger partial charge in [-0.15, -0.1) is 0 Å². The van der Waals surface area contributed by atoms with Crippen molar-refractivity contribution in [2.45, 2.75) is 6.18 Å². The van der Waals surface area contributed by atoms with Crippen LogP contribution in [0.2, 0.25) is 0 Å². The SMILES string of the molecule is O=C(NCCOCC(F)(F)F)c1cccc(F)c1. The van der Waals surface area contributed by atoms with E-state index in [4.69, 9.17) is 0 Å². The van der Waals surface area contributed by atoms with Crippen molar-refractivity contribution in [3.05, 3.63) is 35.6 Å². The first-order valence-electron chi connectivity index (χ1n) is 5.07. The maximum atomic E-state index is 12.8. The molecule has 18 heavy (non-hydrogen) atoms. The minimum Gasteiger partial charge on any atom is -0.370 e. The summed E-state index contributed by atoms with van der Waals surface area (Å²) in [6, 6.07) is 4.98. The van der Waals surface area contributed by atoms with E-state index in [1.54, 1.807) is 0 Å². The Bertz CT molecular complexity index is 406. The molecule has 0 atom stereocenters. The summed E-state index contributed by atoms with van der Waals surface area (Å²) >= 11 is 0. The number of hydrogen-bond donors (Lipinski definition) is 1. The van der Waals surface area contributed by atoms with E-state index < -0.39 is 24.5 Å². The van der Waals surface area contributed by atoms with Crippen LogP contribution in [0.25, 0.3) is 0 Å². The molecule has 0 unspecified atom stereocenters. The van der Waals surface area contributed by atoms with Crippen molar-refractivity contribution in [1.29, 1.82) is 0 Å². The standard InChI is InChI=1S/C11H11F4NO2/c12-9-3-1-2-8(6-9)10(17)16-4-5-18-7-11(13,14)15/h1-3,6H,4-5,7H2,(H,16,17). The van der Waals surface area contributed by atoms with E-state index in [0.717, 1.165) is 6.07 Å². The molecule has 3 nitrogen and oxygen atoms in total. The number of carbonyl (C=O) groups is 1. The Labute approximate surface area is 101 Å². The summed E-state index contributed by atoms with van der Waals surface area (Å²) in [6.07, 6.45) is -4.38. The Hall–Kier alpha value is -1.63. The van der Waals surface area contributed by atoms with Crippen LogP contribution < -0.4 is 5.32 Å². The summed E-state index contributed by atoms with van der Waals surface area (Å²) in [4.78, 5) is 11.4. The van der Waals surface area contributed by atoms with Gasteiger partial charge in [0, 0.05) is 12.1 Å². The molecule has 1 rings (SSSR count). The topological polar surface area (TPSA) is 38.3 Å². The fourth-order valence-corrected chi connectivity index (χ4v) is 1.16. The minimum absolute atomic E-state index is 0.0779. The van der Waals surface area contributed by atoms with Crippen molar-refractivity contribution in [1.82, 2.24) is 5.32 Å². The fraction of sp³-hybridized carbons (Fsp3) is 0.364. The minimum atomic E-state index is -4.38. The maximum absolute atomic E-state index is 12.8. The number of alkyl halides is 3. The zero-order valence-electron chi connectivity index (χ0n) is 9.26. The molecule has 0 fully saturated rings. The Morgan fingerprint density at radius 2 is 2.06 bits per heavy atom. The van der Waals surface area contributed by atoms with Gasteiger partial charge in [-0.2, -0.15) is 13.2 Å². The molecule has 0 heterocycles. The monoisotopic (exact) mass is 265 g/mol. The molecule has 0 aliphatic rings. The molecule has 0 spiro atoms. The molecular weight excluding hydrogens is 254 g/mol. The molecule has 1 aromatic rings. The maximum Gasteiger partial charge on any atom is 0.411 e. The van der Waals surface area contributed by atoms with Gasteiger partial charge in [0.1, 0.15) is 12.4 Å². The van der Waals surface area contributed by atoms with Crippen LogP contribution in [-0.2, 0) is 4.74 Å². The average Bonchev–Trinajstić information content (AvgIpc) is 2.26. The predicted molar refractivity (Wildman–Crippen MR) is 55.6 cm³/mol. The molecule has 7 heteroatoms. The molecular formula is C11H11F4NO2. The summed E-state index contributed by atoms with van der Waals surface area (Å²) in [5.74, 6) is -1.12. The van der Waals surface area contributed by atoms with Crippen LogP contribution in [0.4, 0.5) is 17.6 Å². The molecule has 100 valence electrons. The van der Waals surface area contributed by atoms with Crippen LogP contribution in [0.3, 0.4) is 0 Å². The van der Waals surface area contributed by atoms with Crippen LogP contribution in [0.1, 0.15) is 10.4 Å². The fourth-order valence-electron chi connectivity index (χ4n) is 1.16. The highest BCUT2D eigenvalue weighted by Crippen LogP contribution is 2.13. The zero-order chi connectivity index (χ0) is 13.6. The van der Waals surface area contributed by atoms with Crippen molar-refractivity contribution >= 4 is 5.91 Å². The van der Waals surface area contributed by atoms with Gasteiger partial charge in [-0.05, 0) is 18.2 Å². The van der Waals surface area contributed by atoms with Gasteiger partial charge in [0.15, 0.2) is 0 Å². The lowest BCUT2D eigenvalue weighted by Gasteiger charge is -2.08. The lowest BCUT2D eigenvalue weighted by Crippen LogP contribution is -2.28. The molecule has 0 saturated carbocycles. The summed E-state index contributed by atoms with van der Waals surface area (Å²) in [5, 5.41) is 2.31. The molecule has 1 aromatic carbocycles. The summed E-state index contributed by atoms with van der Waals surface area (Å²) in [5.41, 5.74) is 0.103. The molecule has 1 amide bonds. The largest absolute Gasteiger partial charge is 0.411 e. The molecule has 0 saturated heterocycles. The van der Waals surface area contributed by atoms with Crippen molar-refractivity contribution < 1.29 is 27.1 Å². The van der Waals surface area contributed by atoms with Crippen LogP contribution in [-0.4, -0.2) is 31.8 Å². The first-order valence-corrected chi connectivity index (χ1v) is 5.07. The van der Waals surface area contributed by atoms with Gasteiger partial charge in [-0.25, -0.2) is 4.39 Å². The Kier molecular flexibility index (Phi) is 5.08. The molecule has 1 N–H and O–H groups in total. The second kappa shape index (κ2) is 6.34. The molecule has 0 aliphatic heterocycles. The van der Waals surface area contributed by atoms with E-state index in [-0.39, 0.29) is 18.7 Å². The summed E-state index contributed by atoms with van der Waals surface area (Å²) < 4.78 is 52.2. The number of hydrogen-bond acceptors (Lipinski definition) is 2. The van der Waals surface area contributed by atoms with Crippen molar-refractivity contribution in [2.75, 3.05) is 19.8 Å². The van der Waals surface area contributed by atoms with Crippen LogP contribution in [0, 0.1) is 5.82 Å². The number of ether oxygens (including phenoxy) is 1. The number of amides is 1. The second-order valence-corrected chi connectivity index (χ2v) is 3.43. The number of halogens is 4. The van der Waals surface area contributed by atoms with E-state index in [1.165, 1.54) is 18.2 Å².